The molecule has 0 saturated heterocycles. The van der Waals surface area contributed by atoms with Gasteiger partial charge in [0.05, 0.1) is 0 Å². The molecule has 1 aromatic heterocycles. The van der Waals surface area contributed by atoms with Gasteiger partial charge < -0.3 is 0 Å². The van der Waals surface area contributed by atoms with Crippen molar-refractivity contribution in [3.05, 3.63) is 42.1 Å². The number of fused-ring (bicyclic) bond motifs is 1. The number of hydrogen-bond acceptors (Lipinski definition) is 1. The van der Waals surface area contributed by atoms with E-state index in [0.717, 1.165) is 5.56 Å². The van der Waals surface area contributed by atoms with Crippen LogP contribution in [0.2, 0.25) is 0 Å². The standard InChI is InChI=1S/C9H7S/c1-7-2-3-9-8(6-7)4-5-10-9/h2-6H,1H2. The number of thiophene rings is 1. The normalized spacial score (nSPS) is 10.5. The van der Waals surface area contributed by atoms with Crippen LogP contribution < -0.4 is 0 Å². The fourth-order valence-corrected chi connectivity index (χ4v) is 1.79. The predicted molar refractivity (Wildman–Crippen MR) is 46.3 cm³/mol. The lowest BCUT2D eigenvalue weighted by Gasteiger charge is -1.89. The first-order valence-electron chi connectivity index (χ1n) is 3.15. The van der Waals surface area contributed by atoms with Crippen LogP contribution in [0.5, 0.6) is 0 Å². The zero-order valence-corrected chi connectivity index (χ0v) is 6.32. The zero-order valence-electron chi connectivity index (χ0n) is 5.50. The van der Waals surface area contributed by atoms with Crippen LogP contribution in [-0.4, -0.2) is 0 Å². The van der Waals surface area contributed by atoms with Crippen LogP contribution >= 0.6 is 11.3 Å². The van der Waals surface area contributed by atoms with E-state index >= 15 is 0 Å². The van der Waals surface area contributed by atoms with Gasteiger partial charge in [0, 0.05) is 4.70 Å². The molecule has 0 saturated carbocycles. The number of benzene rings is 1. The first kappa shape index (κ1) is 5.93. The van der Waals surface area contributed by atoms with Crippen LogP contribution in [0.25, 0.3) is 10.1 Å². The molecule has 0 spiro atoms. The summed E-state index contributed by atoms with van der Waals surface area (Å²) in [6.07, 6.45) is 0. The Balaban J connectivity index is 2.86. The van der Waals surface area contributed by atoms with Gasteiger partial charge in [0.25, 0.3) is 0 Å². The lowest BCUT2D eigenvalue weighted by atomic mass is 10.2. The van der Waals surface area contributed by atoms with Gasteiger partial charge in [-0.1, -0.05) is 12.1 Å². The van der Waals surface area contributed by atoms with Crippen molar-refractivity contribution < 1.29 is 0 Å². The Kier molecular flexibility index (Phi) is 1.24. The van der Waals surface area contributed by atoms with Gasteiger partial charge in [-0.15, -0.1) is 11.3 Å². The minimum atomic E-state index is 1.09. The van der Waals surface area contributed by atoms with Gasteiger partial charge in [-0.25, -0.2) is 0 Å². The van der Waals surface area contributed by atoms with Crippen LogP contribution in [0.1, 0.15) is 5.56 Å². The van der Waals surface area contributed by atoms with Crippen molar-refractivity contribution in [1.29, 1.82) is 0 Å². The number of rotatable bonds is 0. The molecule has 10 heavy (non-hydrogen) atoms. The SMILES string of the molecule is [CH2]c1ccc2sccc2c1. The van der Waals surface area contributed by atoms with Crippen molar-refractivity contribution in [1.82, 2.24) is 0 Å². The maximum Gasteiger partial charge on any atom is 0.0342 e. The molecule has 2 rings (SSSR count). The summed E-state index contributed by atoms with van der Waals surface area (Å²) in [7, 11) is 0. The van der Waals surface area contributed by atoms with E-state index in [0.29, 0.717) is 0 Å². The molecule has 49 valence electrons. The first-order chi connectivity index (χ1) is 4.86. The molecule has 0 aliphatic heterocycles. The van der Waals surface area contributed by atoms with E-state index in [2.05, 4.69) is 30.5 Å². The average Bonchev–Trinajstić information content (AvgIpc) is 2.33. The second kappa shape index (κ2) is 2.10. The molecule has 1 heterocycles. The zero-order chi connectivity index (χ0) is 6.97. The Labute approximate surface area is 64.1 Å². The van der Waals surface area contributed by atoms with Gasteiger partial charge in [-0.2, -0.15) is 0 Å². The fraction of sp³-hybridized carbons (Fsp3) is 0. The summed E-state index contributed by atoms with van der Waals surface area (Å²) in [6.45, 7) is 3.85. The largest absolute Gasteiger partial charge is 0.144 e. The highest BCUT2D eigenvalue weighted by atomic mass is 32.1. The highest BCUT2D eigenvalue weighted by Crippen LogP contribution is 2.20. The molecule has 0 bridgehead atoms. The molecule has 2 aromatic rings. The molecule has 1 aromatic carbocycles. The molecule has 0 aliphatic carbocycles. The molecule has 1 heteroatoms. The van der Waals surface area contributed by atoms with Crippen LogP contribution in [-0.2, 0) is 0 Å². The van der Waals surface area contributed by atoms with Crippen LogP contribution in [0.15, 0.2) is 29.6 Å². The lowest BCUT2D eigenvalue weighted by Crippen LogP contribution is -1.67. The van der Waals surface area contributed by atoms with E-state index in [9.17, 15) is 0 Å². The van der Waals surface area contributed by atoms with Gasteiger partial charge in [0.2, 0.25) is 0 Å². The molecular formula is C9H7S. The summed E-state index contributed by atoms with van der Waals surface area (Å²) in [5, 5.41) is 3.40. The smallest absolute Gasteiger partial charge is 0.0342 e. The number of hydrogen-bond donors (Lipinski definition) is 0. The summed E-state index contributed by atoms with van der Waals surface area (Å²) < 4.78 is 1.34. The molecule has 0 aliphatic rings. The highest BCUT2D eigenvalue weighted by molar-refractivity contribution is 7.17. The van der Waals surface area contributed by atoms with Crippen molar-refractivity contribution in [2.24, 2.45) is 0 Å². The third-order valence-corrected chi connectivity index (χ3v) is 2.41. The summed E-state index contributed by atoms with van der Waals surface area (Å²) >= 11 is 1.77. The Bertz CT molecular complexity index is 346. The Morgan fingerprint density at radius 1 is 1.20 bits per heavy atom. The monoisotopic (exact) mass is 147 g/mol. The van der Waals surface area contributed by atoms with Crippen molar-refractivity contribution in [3.63, 3.8) is 0 Å². The van der Waals surface area contributed by atoms with E-state index in [1.54, 1.807) is 11.3 Å². The quantitative estimate of drug-likeness (QED) is 0.537. The topological polar surface area (TPSA) is 0 Å². The first-order valence-corrected chi connectivity index (χ1v) is 4.03. The van der Waals surface area contributed by atoms with Gasteiger partial charge in [0.1, 0.15) is 0 Å². The Morgan fingerprint density at radius 3 is 3.00 bits per heavy atom. The molecule has 0 N–H and O–H groups in total. The van der Waals surface area contributed by atoms with E-state index in [-0.39, 0.29) is 0 Å². The second-order valence-electron chi connectivity index (χ2n) is 2.29. The van der Waals surface area contributed by atoms with E-state index in [1.807, 2.05) is 6.07 Å². The average molecular weight is 147 g/mol. The summed E-state index contributed by atoms with van der Waals surface area (Å²) in [5.41, 5.74) is 1.09. The van der Waals surface area contributed by atoms with Crippen LogP contribution in [0, 0.1) is 6.92 Å². The van der Waals surface area contributed by atoms with Crippen molar-refractivity contribution >= 4 is 21.4 Å². The maximum atomic E-state index is 3.85. The lowest BCUT2D eigenvalue weighted by molar-refractivity contribution is 1.70. The Morgan fingerprint density at radius 2 is 2.10 bits per heavy atom. The summed E-state index contributed by atoms with van der Waals surface area (Å²) in [6, 6.07) is 8.38. The van der Waals surface area contributed by atoms with Gasteiger partial charge in [0.15, 0.2) is 0 Å². The molecule has 0 fully saturated rings. The summed E-state index contributed by atoms with van der Waals surface area (Å²) in [5.74, 6) is 0. The predicted octanol–water partition coefficient (Wildman–Crippen LogP) is 3.08. The molecule has 0 nitrogen and oxygen atoms in total. The third-order valence-electron chi connectivity index (χ3n) is 1.52. The summed E-state index contributed by atoms with van der Waals surface area (Å²) in [4.78, 5) is 0. The highest BCUT2D eigenvalue weighted by Gasteiger charge is 1.91. The van der Waals surface area contributed by atoms with Gasteiger partial charge in [-0.05, 0) is 35.4 Å². The molecule has 0 amide bonds. The maximum absolute atomic E-state index is 3.85. The van der Waals surface area contributed by atoms with Crippen molar-refractivity contribution in [3.8, 4) is 0 Å². The van der Waals surface area contributed by atoms with Crippen LogP contribution in [0.3, 0.4) is 0 Å². The fourth-order valence-electron chi connectivity index (χ4n) is 1.02. The van der Waals surface area contributed by atoms with E-state index in [4.69, 9.17) is 0 Å². The van der Waals surface area contributed by atoms with Gasteiger partial charge >= 0.3 is 0 Å². The Hall–Kier alpha value is -0.820. The molecule has 1 radical (unpaired) electrons. The van der Waals surface area contributed by atoms with Crippen molar-refractivity contribution in [2.75, 3.05) is 0 Å². The molecular weight excluding hydrogens is 140 g/mol. The van der Waals surface area contributed by atoms with E-state index < -0.39 is 0 Å². The molecule has 0 atom stereocenters. The van der Waals surface area contributed by atoms with Gasteiger partial charge in [-0.3, -0.25) is 0 Å². The third kappa shape index (κ3) is 0.830. The minimum Gasteiger partial charge on any atom is -0.144 e. The van der Waals surface area contributed by atoms with Crippen molar-refractivity contribution in [2.45, 2.75) is 0 Å². The molecule has 0 unspecified atom stereocenters. The second-order valence-corrected chi connectivity index (χ2v) is 3.24. The minimum absolute atomic E-state index is 1.09. The van der Waals surface area contributed by atoms with E-state index in [1.165, 1.54) is 10.1 Å². The van der Waals surface area contributed by atoms with Crippen LogP contribution in [0.4, 0.5) is 0 Å².